The van der Waals surface area contributed by atoms with Crippen molar-refractivity contribution in [2.24, 2.45) is 17.6 Å². The molecule has 1 aliphatic carbocycles. The Hall–Kier alpha value is -2.42. The smallest absolute Gasteiger partial charge is 0.242 e. The summed E-state index contributed by atoms with van der Waals surface area (Å²) >= 11 is 1.82. The first-order chi connectivity index (χ1) is 18.4. The molecule has 0 radical (unpaired) electrons. The second-order valence-electron chi connectivity index (χ2n) is 11.1. The maximum atomic E-state index is 13.5. The number of methoxy groups -OCH3 is 1. The molecule has 38 heavy (non-hydrogen) atoms. The number of ether oxygens (including phenoxy) is 1. The minimum Gasteiger partial charge on any atom is -0.497 e. The van der Waals surface area contributed by atoms with Crippen molar-refractivity contribution < 1.29 is 14.3 Å². The average Bonchev–Trinajstić information content (AvgIpc) is 3.35. The summed E-state index contributed by atoms with van der Waals surface area (Å²) in [6.07, 6.45) is 6.06. The van der Waals surface area contributed by atoms with Crippen LogP contribution in [0.3, 0.4) is 0 Å². The third kappa shape index (κ3) is 7.58. The predicted molar refractivity (Wildman–Crippen MR) is 153 cm³/mol. The number of likely N-dealkylation sites (tertiary alicyclic amines) is 1. The van der Waals surface area contributed by atoms with Crippen LogP contribution in [0.4, 0.5) is 0 Å². The van der Waals surface area contributed by atoms with Gasteiger partial charge < -0.3 is 20.7 Å². The van der Waals surface area contributed by atoms with Gasteiger partial charge in [0.2, 0.25) is 11.8 Å². The summed E-state index contributed by atoms with van der Waals surface area (Å²) in [7, 11) is 1.69. The average molecular weight is 541 g/mol. The molecule has 2 amide bonds. The Morgan fingerprint density at radius 3 is 2.66 bits per heavy atom. The van der Waals surface area contributed by atoms with E-state index < -0.39 is 6.04 Å². The van der Waals surface area contributed by atoms with E-state index in [1.165, 1.54) is 28.2 Å². The number of hydrogen-bond donors (Lipinski definition) is 2. The van der Waals surface area contributed by atoms with Gasteiger partial charge in [0.05, 0.1) is 7.11 Å². The highest BCUT2D eigenvalue weighted by molar-refractivity contribution is 7.11. The Kier molecular flexibility index (Phi) is 10.2. The van der Waals surface area contributed by atoms with Crippen molar-refractivity contribution in [3.05, 3.63) is 51.7 Å². The Bertz CT molecular complexity index is 1070. The normalized spacial score (nSPS) is 23.9. The van der Waals surface area contributed by atoms with Crippen LogP contribution in [0, 0.1) is 18.8 Å². The summed E-state index contributed by atoms with van der Waals surface area (Å²) in [4.78, 5) is 32.9. The van der Waals surface area contributed by atoms with Gasteiger partial charge in [-0.2, -0.15) is 0 Å². The van der Waals surface area contributed by atoms with Crippen molar-refractivity contribution in [3.8, 4) is 5.75 Å². The fourth-order valence-corrected chi connectivity index (χ4v) is 7.07. The fourth-order valence-electron chi connectivity index (χ4n) is 6.16. The summed E-state index contributed by atoms with van der Waals surface area (Å²) in [5.74, 6) is 1.82. The largest absolute Gasteiger partial charge is 0.497 e. The van der Waals surface area contributed by atoms with E-state index in [9.17, 15) is 9.59 Å². The molecule has 208 valence electrons. The molecule has 2 heterocycles. The summed E-state index contributed by atoms with van der Waals surface area (Å²) in [6.45, 7) is 7.27. The van der Waals surface area contributed by atoms with Crippen LogP contribution in [-0.4, -0.2) is 60.4 Å². The number of carbonyl (C=O) groups excluding carboxylic acids is 2. The molecule has 1 aliphatic heterocycles. The predicted octanol–water partition coefficient (Wildman–Crippen LogP) is 4.33. The van der Waals surface area contributed by atoms with Gasteiger partial charge in [0.25, 0.3) is 0 Å². The zero-order valence-corrected chi connectivity index (χ0v) is 24.0. The van der Waals surface area contributed by atoms with Crippen LogP contribution in [0.25, 0.3) is 0 Å². The molecule has 3 N–H and O–H groups in total. The van der Waals surface area contributed by atoms with Crippen LogP contribution >= 0.6 is 11.3 Å². The van der Waals surface area contributed by atoms with E-state index in [0.29, 0.717) is 31.3 Å². The highest BCUT2D eigenvalue weighted by Crippen LogP contribution is 2.30. The molecule has 4 rings (SSSR count). The Labute approximate surface area is 231 Å². The fraction of sp³-hybridized carbons (Fsp3) is 0.600. The molecule has 7 nitrogen and oxygen atoms in total. The molecule has 2 fully saturated rings. The molecule has 8 heteroatoms. The van der Waals surface area contributed by atoms with E-state index in [0.717, 1.165) is 44.6 Å². The number of amides is 2. The van der Waals surface area contributed by atoms with E-state index >= 15 is 0 Å². The molecule has 1 aromatic heterocycles. The summed E-state index contributed by atoms with van der Waals surface area (Å²) in [5.41, 5.74) is 7.10. The molecule has 3 unspecified atom stereocenters. The van der Waals surface area contributed by atoms with Gasteiger partial charge in [-0.25, -0.2) is 0 Å². The van der Waals surface area contributed by atoms with E-state index in [1.807, 2.05) is 23.5 Å². The van der Waals surface area contributed by atoms with E-state index in [-0.39, 0.29) is 17.9 Å². The lowest BCUT2D eigenvalue weighted by Gasteiger charge is -2.42. The van der Waals surface area contributed by atoms with Crippen molar-refractivity contribution in [2.45, 2.75) is 77.5 Å². The number of carbonyl (C=O) groups is 2. The van der Waals surface area contributed by atoms with Crippen molar-refractivity contribution in [1.82, 2.24) is 15.1 Å². The third-order valence-corrected chi connectivity index (χ3v) is 9.25. The molecule has 4 atom stereocenters. The summed E-state index contributed by atoms with van der Waals surface area (Å²) in [6, 6.07) is 12.3. The summed E-state index contributed by atoms with van der Waals surface area (Å²) in [5, 5.41) is 3.22. The second kappa shape index (κ2) is 13.6. The SMILES string of the molecule is COc1cccc(CN(Cc2ccc(C)s2)C2CCN(C(C)=O)[C@@H](C(=O)NCC3CCCC(CN)C3)C2)c1. The van der Waals surface area contributed by atoms with E-state index in [1.54, 1.807) is 18.9 Å². The number of nitrogens with one attached hydrogen (secondary N) is 1. The first-order valence-electron chi connectivity index (χ1n) is 14.0. The minimum atomic E-state index is -0.446. The lowest BCUT2D eigenvalue weighted by atomic mass is 9.81. The monoisotopic (exact) mass is 540 g/mol. The molecule has 1 aromatic carbocycles. The summed E-state index contributed by atoms with van der Waals surface area (Å²) < 4.78 is 5.46. The maximum absolute atomic E-state index is 13.5. The highest BCUT2D eigenvalue weighted by atomic mass is 32.1. The molecule has 1 saturated carbocycles. The first-order valence-corrected chi connectivity index (χ1v) is 14.8. The van der Waals surface area contributed by atoms with Gasteiger partial charge in [0.1, 0.15) is 11.8 Å². The molecule has 0 bridgehead atoms. The van der Waals surface area contributed by atoms with Crippen LogP contribution < -0.4 is 15.8 Å². The van der Waals surface area contributed by atoms with Crippen LogP contribution in [0.2, 0.25) is 0 Å². The number of hydrogen-bond acceptors (Lipinski definition) is 6. The van der Waals surface area contributed by atoms with Gasteiger partial charge in [0.15, 0.2) is 0 Å². The topological polar surface area (TPSA) is 87.9 Å². The lowest BCUT2D eigenvalue weighted by Crippen LogP contribution is -2.57. The van der Waals surface area contributed by atoms with Gasteiger partial charge >= 0.3 is 0 Å². The maximum Gasteiger partial charge on any atom is 0.242 e. The number of piperidine rings is 1. The van der Waals surface area contributed by atoms with Crippen LogP contribution in [-0.2, 0) is 22.7 Å². The Morgan fingerprint density at radius 1 is 1.13 bits per heavy atom. The van der Waals surface area contributed by atoms with Gasteiger partial charge in [-0.05, 0) is 87.2 Å². The number of aryl methyl sites for hydroxylation is 1. The number of nitrogens with two attached hydrogens (primary N) is 1. The van der Waals surface area contributed by atoms with Gasteiger partial charge in [0, 0.05) is 48.9 Å². The number of nitrogens with zero attached hydrogens (tertiary/aromatic N) is 2. The quantitative estimate of drug-likeness (QED) is 0.469. The molecule has 1 saturated heterocycles. The second-order valence-corrected chi connectivity index (χ2v) is 12.4. The van der Waals surface area contributed by atoms with Crippen LogP contribution in [0.5, 0.6) is 5.75 Å². The number of rotatable bonds is 10. The zero-order chi connectivity index (χ0) is 27.1. The van der Waals surface area contributed by atoms with E-state index in [4.69, 9.17) is 10.5 Å². The van der Waals surface area contributed by atoms with Gasteiger partial charge in [-0.3, -0.25) is 14.5 Å². The number of benzene rings is 1. The molecule has 2 aromatic rings. The molecule has 2 aliphatic rings. The molecular weight excluding hydrogens is 496 g/mol. The molecule has 0 spiro atoms. The van der Waals surface area contributed by atoms with Gasteiger partial charge in [-0.1, -0.05) is 18.6 Å². The van der Waals surface area contributed by atoms with E-state index in [2.05, 4.69) is 41.4 Å². The zero-order valence-electron chi connectivity index (χ0n) is 23.2. The Balaban J connectivity index is 1.48. The van der Waals surface area contributed by atoms with Crippen molar-refractivity contribution in [2.75, 3.05) is 26.7 Å². The standard InChI is InChI=1S/C30H44N4O3S/c1-21-10-11-28(38-21)20-33(19-25-8-5-9-27(15-25)37-3)26-12-13-34(22(2)35)29(16-26)30(36)32-18-24-7-4-6-23(14-24)17-31/h5,8-11,15,23-24,26,29H,4,6-7,12-14,16-20,31H2,1-3H3,(H,32,36)/t23?,24?,26?,29-/m1/s1. The minimum absolute atomic E-state index is 0.0203. The molecular formula is C30H44N4O3S. The van der Waals surface area contributed by atoms with Crippen molar-refractivity contribution in [3.63, 3.8) is 0 Å². The number of thiophene rings is 1. The van der Waals surface area contributed by atoms with Crippen LogP contribution in [0.15, 0.2) is 36.4 Å². The third-order valence-electron chi connectivity index (χ3n) is 8.26. The van der Waals surface area contributed by atoms with Crippen molar-refractivity contribution >= 4 is 23.2 Å². The Morgan fingerprint density at radius 2 is 1.95 bits per heavy atom. The van der Waals surface area contributed by atoms with Gasteiger partial charge in [-0.15, -0.1) is 11.3 Å². The highest BCUT2D eigenvalue weighted by Gasteiger charge is 2.37. The van der Waals surface area contributed by atoms with Crippen LogP contribution in [0.1, 0.15) is 60.8 Å². The lowest BCUT2D eigenvalue weighted by molar-refractivity contribution is -0.142. The van der Waals surface area contributed by atoms with Crippen molar-refractivity contribution in [1.29, 1.82) is 0 Å². The first kappa shape index (κ1) is 28.6.